The quantitative estimate of drug-likeness (QED) is 0.679. The van der Waals surface area contributed by atoms with E-state index in [1.54, 1.807) is 23.0 Å². The fraction of sp³-hybridized carbons (Fsp3) is 0.143. The molecule has 0 saturated heterocycles. The molecule has 0 amide bonds. The predicted octanol–water partition coefficient (Wildman–Crippen LogP) is 1.44. The number of aryl methyl sites for hydroxylation is 1. The monoisotopic (exact) mass is 315 g/mol. The Morgan fingerprint density at radius 1 is 1.05 bits per heavy atom. The number of imidazole rings is 1. The van der Waals surface area contributed by atoms with Crippen LogP contribution in [0.5, 0.6) is 0 Å². The highest BCUT2D eigenvalue weighted by Crippen LogP contribution is 2.19. The average molecular weight is 315 g/mol. The van der Waals surface area contributed by atoms with Gasteiger partial charge in [0.05, 0.1) is 0 Å². The van der Waals surface area contributed by atoms with Crippen molar-refractivity contribution in [3.8, 4) is 17.3 Å². The molecule has 7 nitrogen and oxygen atoms in total. The lowest BCUT2D eigenvalue weighted by molar-refractivity contribution is 0.592. The summed E-state index contributed by atoms with van der Waals surface area (Å²) in [6.45, 7) is 1.89. The van der Waals surface area contributed by atoms with Crippen molar-refractivity contribution in [1.82, 2.24) is 24.5 Å². The van der Waals surface area contributed by atoms with E-state index in [-0.39, 0.29) is 5.16 Å². The zero-order chi connectivity index (χ0) is 15.7. The van der Waals surface area contributed by atoms with E-state index in [2.05, 4.69) is 19.9 Å². The summed E-state index contributed by atoms with van der Waals surface area (Å²) in [7, 11) is -3.47. The van der Waals surface area contributed by atoms with Gasteiger partial charge in [0.15, 0.2) is 5.82 Å². The number of rotatable bonds is 3. The van der Waals surface area contributed by atoms with Crippen LogP contribution in [0.1, 0.15) is 5.69 Å². The summed E-state index contributed by atoms with van der Waals surface area (Å²) in [5.41, 5.74) is 1.55. The zero-order valence-corrected chi connectivity index (χ0v) is 12.8. The van der Waals surface area contributed by atoms with Crippen molar-refractivity contribution >= 4 is 9.84 Å². The summed E-state index contributed by atoms with van der Waals surface area (Å²) in [6, 6.07) is 7.24. The molecule has 0 atom stereocenters. The van der Waals surface area contributed by atoms with Crippen LogP contribution in [0.15, 0.2) is 48.0 Å². The van der Waals surface area contributed by atoms with Gasteiger partial charge in [-0.15, -0.1) is 0 Å². The van der Waals surface area contributed by atoms with Crippen molar-refractivity contribution in [1.29, 1.82) is 0 Å². The molecular weight excluding hydrogens is 302 g/mol. The molecule has 0 unspecified atom stereocenters. The number of hydrogen-bond acceptors (Lipinski definition) is 6. The van der Waals surface area contributed by atoms with Crippen LogP contribution in [0.2, 0.25) is 0 Å². The van der Waals surface area contributed by atoms with Gasteiger partial charge in [-0.1, -0.05) is 6.07 Å². The Bertz CT molecular complexity index is 934. The van der Waals surface area contributed by atoms with Gasteiger partial charge in [0.25, 0.3) is 0 Å². The number of nitrogens with zero attached hydrogens (tertiary/aromatic N) is 5. The van der Waals surface area contributed by atoms with E-state index >= 15 is 0 Å². The summed E-state index contributed by atoms with van der Waals surface area (Å²) >= 11 is 0. The van der Waals surface area contributed by atoms with Gasteiger partial charge in [-0.05, 0) is 25.1 Å². The Hall–Kier alpha value is -2.61. The molecule has 0 bridgehead atoms. The molecule has 0 radical (unpaired) electrons. The summed E-state index contributed by atoms with van der Waals surface area (Å²) in [6.07, 6.45) is 5.80. The Balaban J connectivity index is 2.14. The molecular formula is C14H13N5O2S. The van der Waals surface area contributed by atoms with E-state index in [4.69, 9.17) is 0 Å². The first-order valence-electron chi connectivity index (χ1n) is 6.46. The highest BCUT2D eigenvalue weighted by Gasteiger charge is 2.15. The molecule has 112 valence electrons. The smallest absolute Gasteiger partial charge is 0.248 e. The van der Waals surface area contributed by atoms with E-state index < -0.39 is 9.84 Å². The molecule has 0 aliphatic rings. The largest absolute Gasteiger partial charge is 0.282 e. The molecule has 0 aromatic carbocycles. The standard InChI is InChI=1S/C14H13N5O2S/c1-10-4-3-5-11(17-10)13-15-8-9-19(13)12-6-7-16-14(18-12)22(2,20)21/h3-9H,1-2H3. The Kier molecular flexibility index (Phi) is 3.45. The van der Waals surface area contributed by atoms with Gasteiger partial charge in [0, 0.05) is 30.5 Å². The molecule has 0 aliphatic heterocycles. The highest BCUT2D eigenvalue weighted by atomic mass is 32.2. The first kappa shape index (κ1) is 14.3. The predicted molar refractivity (Wildman–Crippen MR) is 80.2 cm³/mol. The molecule has 3 rings (SSSR count). The normalized spacial score (nSPS) is 11.5. The molecule has 0 fully saturated rings. The third-order valence-corrected chi connectivity index (χ3v) is 3.82. The van der Waals surface area contributed by atoms with Crippen LogP contribution in [0.3, 0.4) is 0 Å². The van der Waals surface area contributed by atoms with Crippen LogP contribution < -0.4 is 0 Å². The maximum Gasteiger partial charge on any atom is 0.248 e. The molecule has 0 N–H and O–H groups in total. The average Bonchev–Trinajstić information content (AvgIpc) is 2.96. The van der Waals surface area contributed by atoms with Crippen molar-refractivity contribution in [2.75, 3.05) is 6.26 Å². The second kappa shape index (κ2) is 5.30. The van der Waals surface area contributed by atoms with Gasteiger partial charge in [-0.25, -0.2) is 28.4 Å². The van der Waals surface area contributed by atoms with Crippen LogP contribution >= 0.6 is 0 Å². The van der Waals surface area contributed by atoms with E-state index in [0.717, 1.165) is 11.9 Å². The number of pyridine rings is 1. The van der Waals surface area contributed by atoms with Crippen molar-refractivity contribution in [3.63, 3.8) is 0 Å². The van der Waals surface area contributed by atoms with Gasteiger partial charge in [-0.3, -0.25) is 4.57 Å². The van der Waals surface area contributed by atoms with Crippen LogP contribution in [0.4, 0.5) is 0 Å². The molecule has 0 spiro atoms. The SMILES string of the molecule is Cc1cccc(-c2nccn2-c2ccnc(S(C)(=O)=O)n2)n1. The summed E-state index contributed by atoms with van der Waals surface area (Å²) in [4.78, 5) is 16.6. The zero-order valence-electron chi connectivity index (χ0n) is 12.0. The second-order valence-corrected chi connectivity index (χ2v) is 6.66. The summed E-state index contributed by atoms with van der Waals surface area (Å²) in [5, 5.41) is -0.221. The fourth-order valence-electron chi connectivity index (χ4n) is 1.99. The first-order chi connectivity index (χ1) is 10.4. The molecule has 22 heavy (non-hydrogen) atoms. The number of aromatic nitrogens is 5. The Labute approximate surface area is 127 Å². The van der Waals surface area contributed by atoms with Gasteiger partial charge >= 0.3 is 0 Å². The molecule has 0 aliphatic carbocycles. The van der Waals surface area contributed by atoms with Crippen LogP contribution in [0, 0.1) is 6.92 Å². The minimum atomic E-state index is -3.47. The Morgan fingerprint density at radius 2 is 1.86 bits per heavy atom. The third-order valence-electron chi connectivity index (χ3n) is 2.96. The molecule has 8 heteroatoms. The topological polar surface area (TPSA) is 90.6 Å². The van der Waals surface area contributed by atoms with Crippen LogP contribution in [-0.2, 0) is 9.84 Å². The number of hydrogen-bond donors (Lipinski definition) is 0. The van der Waals surface area contributed by atoms with Crippen molar-refractivity contribution in [2.45, 2.75) is 12.1 Å². The maximum atomic E-state index is 11.6. The molecule has 0 saturated carbocycles. The third kappa shape index (κ3) is 2.73. The van der Waals surface area contributed by atoms with Gasteiger partial charge in [0.2, 0.25) is 15.0 Å². The fourth-order valence-corrected chi connectivity index (χ4v) is 2.50. The van der Waals surface area contributed by atoms with Crippen molar-refractivity contribution < 1.29 is 8.42 Å². The lowest BCUT2D eigenvalue weighted by Gasteiger charge is -2.07. The highest BCUT2D eigenvalue weighted by molar-refractivity contribution is 7.90. The van der Waals surface area contributed by atoms with E-state index in [9.17, 15) is 8.42 Å². The number of sulfone groups is 1. The minimum absolute atomic E-state index is 0.221. The molecule has 3 aromatic rings. The molecule has 3 aromatic heterocycles. The van der Waals surface area contributed by atoms with E-state index in [1.165, 1.54) is 6.20 Å². The molecule has 3 heterocycles. The second-order valence-electron chi connectivity index (χ2n) is 4.75. The van der Waals surface area contributed by atoms with Gasteiger partial charge in [0.1, 0.15) is 11.5 Å². The van der Waals surface area contributed by atoms with Gasteiger partial charge in [-0.2, -0.15) is 0 Å². The van der Waals surface area contributed by atoms with E-state index in [1.807, 2.05) is 25.1 Å². The minimum Gasteiger partial charge on any atom is -0.282 e. The lowest BCUT2D eigenvalue weighted by atomic mass is 10.3. The maximum absolute atomic E-state index is 11.6. The first-order valence-corrected chi connectivity index (χ1v) is 8.35. The van der Waals surface area contributed by atoms with Gasteiger partial charge < -0.3 is 0 Å². The van der Waals surface area contributed by atoms with Crippen molar-refractivity contribution in [2.24, 2.45) is 0 Å². The van der Waals surface area contributed by atoms with Crippen LogP contribution in [-0.4, -0.2) is 39.2 Å². The van der Waals surface area contributed by atoms with Crippen molar-refractivity contribution in [3.05, 3.63) is 48.5 Å². The van der Waals surface area contributed by atoms with Crippen LogP contribution in [0.25, 0.3) is 17.3 Å². The summed E-state index contributed by atoms with van der Waals surface area (Å²) < 4.78 is 24.9. The van der Waals surface area contributed by atoms with E-state index in [0.29, 0.717) is 17.3 Å². The lowest BCUT2D eigenvalue weighted by Crippen LogP contribution is -2.08. The Morgan fingerprint density at radius 3 is 2.59 bits per heavy atom. The summed E-state index contributed by atoms with van der Waals surface area (Å²) in [5.74, 6) is 1.01.